The summed E-state index contributed by atoms with van der Waals surface area (Å²) in [4.78, 5) is 26.2. The molecular weight excluding hydrogens is 318 g/mol. The number of nitrogens with two attached hydrogens (primary N) is 1. The Morgan fingerprint density at radius 2 is 2.14 bits per heavy atom. The number of quaternary nitrogens is 1. The summed E-state index contributed by atoms with van der Waals surface area (Å²) in [5.74, 6) is -0.594. The molecule has 2 aromatic heterocycles. The fraction of sp³-hybridized carbons (Fsp3) is 0.333. The molecule has 2 aromatic rings. The number of fused-ring (bicyclic) bond motifs is 1. The van der Waals surface area contributed by atoms with Crippen molar-refractivity contribution in [2.75, 3.05) is 18.4 Å². The van der Waals surface area contributed by atoms with Crippen molar-refractivity contribution in [3.8, 4) is 0 Å². The summed E-state index contributed by atoms with van der Waals surface area (Å²) in [6.45, 7) is 3.51. The Morgan fingerprint density at radius 1 is 1.36 bits per heavy atom. The highest BCUT2D eigenvalue weighted by Crippen LogP contribution is 2.25. The molecule has 0 saturated carbocycles. The minimum atomic E-state index is -0.516. The van der Waals surface area contributed by atoms with Gasteiger partial charge in [0.15, 0.2) is 6.54 Å². The van der Waals surface area contributed by atoms with E-state index in [0.29, 0.717) is 23.2 Å². The number of rotatable bonds is 4. The number of hydrogen-bond acceptors (Lipinski definition) is 4. The highest BCUT2D eigenvalue weighted by atomic mass is 32.1. The molecule has 2 amide bonds. The van der Waals surface area contributed by atoms with Crippen LogP contribution in [0.2, 0.25) is 0 Å². The lowest BCUT2D eigenvalue weighted by molar-refractivity contribution is -0.923. The quantitative estimate of drug-likeness (QED) is 0.780. The molecule has 0 aliphatic carbocycles. The smallest absolute Gasteiger partial charge is 0.280 e. The molecule has 7 heteroatoms. The Morgan fingerprint density at radius 3 is 2.91 bits per heavy atom. The monoisotopic (exact) mass is 336 g/mol. The van der Waals surface area contributed by atoms with E-state index >= 15 is 0 Å². The van der Waals surface area contributed by atoms with Crippen molar-refractivity contribution in [1.82, 2.24) is 0 Å². The number of carbonyl (C=O) groups is 2. The highest BCUT2D eigenvalue weighted by molar-refractivity contribution is 7.14. The van der Waals surface area contributed by atoms with Crippen molar-refractivity contribution in [1.29, 1.82) is 0 Å². The maximum Gasteiger partial charge on any atom is 0.280 e. The molecule has 1 unspecified atom stereocenters. The largest absolute Gasteiger partial charge is 0.366 e. The van der Waals surface area contributed by atoms with Crippen LogP contribution < -0.4 is 16.0 Å². The fourth-order valence-corrected chi connectivity index (χ4v) is 4.66. The lowest BCUT2D eigenvalue weighted by atomic mass is 10.0. The maximum absolute atomic E-state index is 12.3. The van der Waals surface area contributed by atoms with Crippen LogP contribution in [0.3, 0.4) is 0 Å². The number of anilines is 1. The first-order chi connectivity index (χ1) is 10.6. The molecule has 0 aromatic carbocycles. The molecule has 22 heavy (non-hydrogen) atoms. The predicted molar refractivity (Wildman–Crippen MR) is 88.6 cm³/mol. The van der Waals surface area contributed by atoms with Crippen molar-refractivity contribution < 1.29 is 14.5 Å². The van der Waals surface area contributed by atoms with E-state index in [1.165, 1.54) is 26.7 Å². The van der Waals surface area contributed by atoms with Crippen LogP contribution in [-0.4, -0.2) is 24.9 Å². The maximum atomic E-state index is 12.3. The van der Waals surface area contributed by atoms with E-state index in [9.17, 15) is 9.59 Å². The predicted octanol–water partition coefficient (Wildman–Crippen LogP) is 1.05. The lowest BCUT2D eigenvalue weighted by Gasteiger charge is -2.29. The number of primary amides is 1. The van der Waals surface area contributed by atoms with Gasteiger partial charge in [0.25, 0.3) is 11.8 Å². The van der Waals surface area contributed by atoms with Gasteiger partial charge in [-0.3, -0.25) is 9.59 Å². The van der Waals surface area contributed by atoms with Crippen LogP contribution in [0.1, 0.15) is 33.8 Å². The average molecular weight is 336 g/mol. The zero-order valence-corrected chi connectivity index (χ0v) is 13.9. The van der Waals surface area contributed by atoms with Crippen LogP contribution in [0.4, 0.5) is 5.00 Å². The molecule has 5 nitrogen and oxygen atoms in total. The first-order valence-corrected chi connectivity index (χ1v) is 8.90. The van der Waals surface area contributed by atoms with E-state index in [2.05, 4.69) is 23.7 Å². The summed E-state index contributed by atoms with van der Waals surface area (Å²) in [6.07, 6.45) is 1.02. The molecule has 0 spiro atoms. The van der Waals surface area contributed by atoms with Gasteiger partial charge in [-0.1, -0.05) is 0 Å². The second kappa shape index (κ2) is 6.20. The highest BCUT2D eigenvalue weighted by Gasteiger charge is 2.29. The second-order valence-electron chi connectivity index (χ2n) is 5.43. The number of hydrogen-bond donors (Lipinski definition) is 3. The van der Waals surface area contributed by atoms with Crippen molar-refractivity contribution in [3.05, 3.63) is 38.9 Å². The molecule has 1 aliphatic heterocycles. The summed E-state index contributed by atoms with van der Waals surface area (Å²) in [6, 6.07) is 4.11. The van der Waals surface area contributed by atoms with Gasteiger partial charge in [-0.15, -0.1) is 22.7 Å². The van der Waals surface area contributed by atoms with Gasteiger partial charge in [0, 0.05) is 16.9 Å². The van der Waals surface area contributed by atoms with Gasteiger partial charge >= 0.3 is 0 Å². The number of carbonyl (C=O) groups excluding carboxylic acids is 2. The normalized spacial score (nSPS) is 20.4. The Bertz CT molecular complexity index is 707. The Balaban J connectivity index is 1.65. The third-order valence-corrected chi connectivity index (χ3v) is 5.93. The summed E-state index contributed by atoms with van der Waals surface area (Å²) >= 11 is 3.11. The van der Waals surface area contributed by atoms with E-state index in [4.69, 9.17) is 5.73 Å². The Hall–Kier alpha value is -1.70. The van der Waals surface area contributed by atoms with Gasteiger partial charge in [0.05, 0.1) is 12.1 Å². The van der Waals surface area contributed by atoms with Gasteiger partial charge in [-0.05, 0) is 29.8 Å². The van der Waals surface area contributed by atoms with E-state index < -0.39 is 5.91 Å². The first kappa shape index (κ1) is 15.2. The van der Waals surface area contributed by atoms with Gasteiger partial charge in [-0.2, -0.15) is 0 Å². The molecule has 3 heterocycles. The van der Waals surface area contributed by atoms with Crippen molar-refractivity contribution >= 4 is 39.5 Å². The Kier molecular flexibility index (Phi) is 4.28. The molecule has 1 aliphatic rings. The topological polar surface area (TPSA) is 76.6 Å². The van der Waals surface area contributed by atoms with Crippen molar-refractivity contribution in [2.24, 2.45) is 5.73 Å². The minimum Gasteiger partial charge on any atom is -0.366 e. The van der Waals surface area contributed by atoms with Crippen LogP contribution >= 0.6 is 22.7 Å². The minimum absolute atomic E-state index is 0.0783. The Labute approximate surface area is 136 Å². The first-order valence-electron chi connectivity index (χ1n) is 7.14. The molecule has 0 saturated heterocycles. The molecule has 4 N–H and O–H groups in total. The molecule has 2 atom stereocenters. The average Bonchev–Trinajstić information content (AvgIpc) is 3.10. The van der Waals surface area contributed by atoms with E-state index in [1.807, 2.05) is 0 Å². The third kappa shape index (κ3) is 2.92. The van der Waals surface area contributed by atoms with Crippen molar-refractivity contribution in [3.63, 3.8) is 0 Å². The van der Waals surface area contributed by atoms with Gasteiger partial charge in [0.1, 0.15) is 11.0 Å². The van der Waals surface area contributed by atoms with Crippen LogP contribution in [-0.2, 0) is 11.2 Å². The number of nitrogens with one attached hydrogen (secondary N) is 2. The van der Waals surface area contributed by atoms with E-state index in [1.54, 1.807) is 22.8 Å². The van der Waals surface area contributed by atoms with Crippen molar-refractivity contribution in [2.45, 2.75) is 19.4 Å². The fourth-order valence-electron chi connectivity index (χ4n) is 2.87. The molecule has 0 bridgehead atoms. The standard InChI is InChI=1S/C15H17N3O2S2/c1-9-10-3-6-21-12(10)2-5-18(9)8-13(19)17-15-11(14(16)20)4-7-22-15/h3-4,6-7,9H,2,5,8H2,1H3,(H2,16,20)(H,17,19)/p+1/t9-/m1/s1. The van der Waals surface area contributed by atoms with E-state index in [-0.39, 0.29) is 5.91 Å². The van der Waals surface area contributed by atoms with Gasteiger partial charge < -0.3 is 16.0 Å². The zero-order valence-electron chi connectivity index (χ0n) is 12.2. The molecule has 3 rings (SSSR count). The number of amides is 2. The SMILES string of the molecule is C[C@@H]1c2ccsc2CC[NH+]1CC(=O)Nc1sccc1C(N)=O. The van der Waals surface area contributed by atoms with E-state index in [0.717, 1.165) is 13.0 Å². The van der Waals surface area contributed by atoms with Crippen LogP contribution in [0.15, 0.2) is 22.9 Å². The molecule has 0 radical (unpaired) electrons. The lowest BCUT2D eigenvalue weighted by Crippen LogP contribution is -3.14. The summed E-state index contributed by atoms with van der Waals surface area (Å²) in [5.41, 5.74) is 7.02. The molecule has 116 valence electrons. The summed E-state index contributed by atoms with van der Waals surface area (Å²) < 4.78 is 0. The zero-order chi connectivity index (χ0) is 15.7. The van der Waals surface area contributed by atoms with Crippen LogP contribution in [0, 0.1) is 0 Å². The molecule has 0 fully saturated rings. The van der Waals surface area contributed by atoms with Gasteiger partial charge in [0.2, 0.25) is 0 Å². The third-order valence-electron chi connectivity index (χ3n) is 4.10. The van der Waals surface area contributed by atoms with Gasteiger partial charge in [-0.25, -0.2) is 0 Å². The van der Waals surface area contributed by atoms with Crippen LogP contribution in [0.5, 0.6) is 0 Å². The summed E-state index contributed by atoms with van der Waals surface area (Å²) in [5, 5.41) is 7.23. The number of thiophene rings is 2. The molecular formula is C15H18N3O2S2+. The second-order valence-corrected chi connectivity index (χ2v) is 7.35. The van der Waals surface area contributed by atoms with Crippen LogP contribution in [0.25, 0.3) is 0 Å². The summed E-state index contributed by atoms with van der Waals surface area (Å²) in [7, 11) is 0.